The lowest BCUT2D eigenvalue weighted by atomic mass is 10.0. The van der Waals surface area contributed by atoms with Crippen molar-refractivity contribution in [3.63, 3.8) is 0 Å². The van der Waals surface area contributed by atoms with Crippen molar-refractivity contribution in [2.75, 3.05) is 18.6 Å². The van der Waals surface area contributed by atoms with Crippen molar-refractivity contribution in [3.05, 3.63) is 39.2 Å². The van der Waals surface area contributed by atoms with Crippen molar-refractivity contribution in [2.45, 2.75) is 32.2 Å². The molecule has 27 heavy (non-hydrogen) atoms. The predicted octanol–water partition coefficient (Wildman–Crippen LogP) is 1.90. The molecule has 2 aromatic rings. The number of thioether (sulfide) groups is 1. The molecule has 0 radical (unpaired) electrons. The van der Waals surface area contributed by atoms with Crippen LogP contribution < -0.4 is 15.7 Å². The number of carbonyl (C=O) groups excluding carboxylic acids is 1. The normalized spacial score (nSPS) is 14.0. The van der Waals surface area contributed by atoms with E-state index in [1.165, 1.54) is 11.8 Å². The van der Waals surface area contributed by atoms with Gasteiger partial charge < -0.3 is 19.6 Å². The lowest BCUT2D eigenvalue weighted by molar-refractivity contribution is -0.141. The minimum atomic E-state index is -1.09. The smallest absolute Gasteiger partial charge is 0.339 e. The van der Waals surface area contributed by atoms with Gasteiger partial charge in [0.1, 0.15) is 17.4 Å². The zero-order chi connectivity index (χ0) is 19.6. The van der Waals surface area contributed by atoms with Crippen LogP contribution in [0, 0.1) is 6.92 Å². The molecule has 1 aromatic heterocycles. The SMILES string of the molecule is CSCC(NC(=O)COc1ccc2c3c(c(=O)oc2c1C)CCC3)C(=O)O. The number of carbonyl (C=O) groups is 2. The maximum Gasteiger partial charge on any atom is 0.339 e. The number of aryl methyl sites for hydroxylation is 2. The Labute approximate surface area is 160 Å². The van der Waals surface area contributed by atoms with Crippen molar-refractivity contribution < 1.29 is 23.8 Å². The van der Waals surface area contributed by atoms with Crippen LogP contribution in [0.2, 0.25) is 0 Å². The quantitative estimate of drug-likeness (QED) is 0.695. The summed E-state index contributed by atoms with van der Waals surface area (Å²) in [5.74, 6) is -0.913. The summed E-state index contributed by atoms with van der Waals surface area (Å²) in [5, 5.41) is 12.4. The van der Waals surface area contributed by atoms with Crippen molar-refractivity contribution in [2.24, 2.45) is 0 Å². The van der Waals surface area contributed by atoms with Gasteiger partial charge in [0, 0.05) is 22.3 Å². The molecular weight excluding hydrogens is 370 g/mol. The van der Waals surface area contributed by atoms with Crippen LogP contribution in [0.1, 0.15) is 23.1 Å². The summed E-state index contributed by atoms with van der Waals surface area (Å²) >= 11 is 1.33. The molecule has 8 heteroatoms. The van der Waals surface area contributed by atoms with Crippen LogP contribution in [0.5, 0.6) is 5.75 Å². The first kappa shape index (κ1) is 19.3. The lowest BCUT2D eigenvalue weighted by Crippen LogP contribution is -2.44. The molecular formula is C19H21NO6S. The Balaban J connectivity index is 1.77. The Morgan fingerprint density at radius 1 is 1.33 bits per heavy atom. The minimum Gasteiger partial charge on any atom is -0.483 e. The number of amides is 1. The number of carboxylic acids is 1. The summed E-state index contributed by atoms with van der Waals surface area (Å²) in [4.78, 5) is 35.3. The van der Waals surface area contributed by atoms with Crippen LogP contribution in [0.15, 0.2) is 21.3 Å². The molecule has 2 N–H and O–H groups in total. The number of fused-ring (bicyclic) bond motifs is 3. The number of hydrogen-bond donors (Lipinski definition) is 2. The molecule has 1 heterocycles. The summed E-state index contributed by atoms with van der Waals surface area (Å²) in [6.45, 7) is 1.45. The Hall–Kier alpha value is -2.48. The van der Waals surface area contributed by atoms with Crippen molar-refractivity contribution >= 4 is 34.6 Å². The van der Waals surface area contributed by atoms with Crippen molar-refractivity contribution in [1.29, 1.82) is 0 Å². The third-order valence-corrected chi connectivity index (χ3v) is 5.33. The highest BCUT2D eigenvalue weighted by atomic mass is 32.2. The number of rotatable bonds is 7. The van der Waals surface area contributed by atoms with Crippen LogP contribution in [-0.2, 0) is 22.4 Å². The number of nitrogens with one attached hydrogen (secondary N) is 1. The fraction of sp³-hybridized carbons (Fsp3) is 0.421. The first-order valence-electron chi connectivity index (χ1n) is 8.64. The Morgan fingerprint density at radius 3 is 2.78 bits per heavy atom. The van der Waals surface area contributed by atoms with Crippen LogP contribution in [0.25, 0.3) is 11.0 Å². The number of ether oxygens (including phenoxy) is 1. The van der Waals surface area contributed by atoms with E-state index in [-0.39, 0.29) is 18.0 Å². The summed E-state index contributed by atoms with van der Waals surface area (Å²) < 4.78 is 11.0. The average Bonchev–Trinajstić information content (AvgIpc) is 3.12. The molecule has 1 amide bonds. The van der Waals surface area contributed by atoms with Crippen LogP contribution in [0.4, 0.5) is 0 Å². The first-order chi connectivity index (χ1) is 12.9. The van der Waals surface area contributed by atoms with E-state index in [1.54, 1.807) is 19.2 Å². The van der Waals surface area contributed by atoms with Gasteiger partial charge in [-0.2, -0.15) is 11.8 Å². The average molecular weight is 391 g/mol. The van der Waals surface area contributed by atoms with E-state index in [4.69, 9.17) is 14.3 Å². The summed E-state index contributed by atoms with van der Waals surface area (Å²) in [5.41, 5.74) is 2.60. The van der Waals surface area contributed by atoms with Gasteiger partial charge in [-0.05, 0) is 50.1 Å². The molecule has 1 aliphatic rings. The largest absolute Gasteiger partial charge is 0.483 e. The molecule has 0 spiro atoms. The van der Waals surface area contributed by atoms with E-state index in [0.29, 0.717) is 16.9 Å². The van der Waals surface area contributed by atoms with Crippen LogP contribution in [-0.4, -0.2) is 41.6 Å². The molecule has 1 aromatic carbocycles. The number of benzene rings is 1. The van der Waals surface area contributed by atoms with Gasteiger partial charge in [-0.25, -0.2) is 9.59 Å². The molecule has 0 bridgehead atoms. The second-order valence-electron chi connectivity index (χ2n) is 6.47. The summed E-state index contributed by atoms with van der Waals surface area (Å²) in [6.07, 6.45) is 4.30. The van der Waals surface area contributed by atoms with Gasteiger partial charge in [0.25, 0.3) is 5.91 Å². The van der Waals surface area contributed by atoms with Gasteiger partial charge >= 0.3 is 11.6 Å². The van der Waals surface area contributed by atoms with Crippen LogP contribution in [0.3, 0.4) is 0 Å². The fourth-order valence-electron chi connectivity index (χ4n) is 3.34. The highest BCUT2D eigenvalue weighted by Gasteiger charge is 2.22. The molecule has 0 aliphatic heterocycles. The molecule has 1 atom stereocenters. The zero-order valence-electron chi connectivity index (χ0n) is 15.2. The maximum absolute atomic E-state index is 12.2. The molecule has 1 aliphatic carbocycles. The van der Waals surface area contributed by atoms with Crippen molar-refractivity contribution in [3.8, 4) is 5.75 Å². The van der Waals surface area contributed by atoms with Gasteiger partial charge in [-0.1, -0.05) is 0 Å². The van der Waals surface area contributed by atoms with E-state index in [2.05, 4.69) is 5.32 Å². The topological polar surface area (TPSA) is 106 Å². The standard InChI is InChI=1S/C19H21NO6S/c1-10-15(25-8-16(21)20-14(9-27-2)18(22)23)7-6-12-11-4-3-5-13(11)19(24)26-17(10)12/h6-7,14H,3-5,8-9H2,1-2H3,(H,20,21)(H,22,23). The Morgan fingerprint density at radius 2 is 2.07 bits per heavy atom. The van der Waals surface area contributed by atoms with Gasteiger partial charge in [0.05, 0.1) is 0 Å². The Kier molecular flexibility index (Phi) is 5.74. The predicted molar refractivity (Wildman–Crippen MR) is 103 cm³/mol. The maximum atomic E-state index is 12.2. The van der Waals surface area contributed by atoms with E-state index < -0.39 is 17.9 Å². The van der Waals surface area contributed by atoms with E-state index in [1.807, 2.05) is 6.07 Å². The molecule has 1 unspecified atom stereocenters. The van der Waals surface area contributed by atoms with E-state index >= 15 is 0 Å². The fourth-order valence-corrected chi connectivity index (χ4v) is 3.90. The summed E-state index contributed by atoms with van der Waals surface area (Å²) in [7, 11) is 0. The first-order valence-corrected chi connectivity index (χ1v) is 10.0. The van der Waals surface area contributed by atoms with E-state index in [9.17, 15) is 14.4 Å². The van der Waals surface area contributed by atoms with Crippen molar-refractivity contribution in [1.82, 2.24) is 5.32 Å². The molecule has 144 valence electrons. The van der Waals surface area contributed by atoms with Gasteiger partial charge in [-0.3, -0.25) is 4.79 Å². The second kappa shape index (κ2) is 8.04. The molecule has 0 saturated carbocycles. The van der Waals surface area contributed by atoms with Gasteiger partial charge in [0.15, 0.2) is 6.61 Å². The van der Waals surface area contributed by atoms with Gasteiger partial charge in [0.2, 0.25) is 0 Å². The zero-order valence-corrected chi connectivity index (χ0v) is 16.0. The van der Waals surface area contributed by atoms with E-state index in [0.717, 1.165) is 35.8 Å². The summed E-state index contributed by atoms with van der Waals surface area (Å²) in [6, 6.07) is 2.63. The third kappa shape index (κ3) is 3.95. The monoisotopic (exact) mass is 391 g/mol. The molecule has 0 fully saturated rings. The van der Waals surface area contributed by atoms with Gasteiger partial charge in [-0.15, -0.1) is 0 Å². The van der Waals surface area contributed by atoms with Crippen LogP contribution >= 0.6 is 11.8 Å². The molecule has 7 nitrogen and oxygen atoms in total. The minimum absolute atomic E-state index is 0.270. The Bertz CT molecular complexity index is 951. The molecule has 0 saturated heterocycles. The number of aliphatic carboxylic acids is 1. The lowest BCUT2D eigenvalue weighted by Gasteiger charge is -2.15. The highest BCUT2D eigenvalue weighted by Crippen LogP contribution is 2.32. The second-order valence-corrected chi connectivity index (χ2v) is 7.38. The molecule has 3 rings (SSSR count). The highest BCUT2D eigenvalue weighted by molar-refractivity contribution is 7.98. The third-order valence-electron chi connectivity index (χ3n) is 4.67. The number of hydrogen-bond acceptors (Lipinski definition) is 6. The number of carboxylic acid groups (broad SMARTS) is 1.